The number of hydrogen-bond acceptors (Lipinski definition) is 4. The summed E-state index contributed by atoms with van der Waals surface area (Å²) in [5, 5.41) is 4.73. The number of nitrogens with one attached hydrogen (secondary N) is 2. The van der Waals surface area contributed by atoms with Gasteiger partial charge in [-0.3, -0.25) is 10.6 Å². The van der Waals surface area contributed by atoms with Gasteiger partial charge in [-0.25, -0.2) is 4.98 Å². The van der Waals surface area contributed by atoms with Gasteiger partial charge in [0, 0.05) is 22.3 Å². The SMILES string of the molecule is NNc1ccc(C(=O)Nc2ccc(Cl)c(-c3ccc4ccccc4n3)c2)c(Cl)c1. The molecule has 0 aliphatic rings. The molecule has 0 spiro atoms. The molecule has 0 fully saturated rings. The average molecular weight is 423 g/mol. The minimum atomic E-state index is -0.335. The molecule has 0 saturated heterocycles. The van der Waals surface area contributed by atoms with E-state index in [-0.39, 0.29) is 5.91 Å². The second-order valence-electron chi connectivity index (χ2n) is 6.38. The number of amides is 1. The molecule has 1 amide bonds. The van der Waals surface area contributed by atoms with Crippen LogP contribution in [0, 0.1) is 0 Å². The van der Waals surface area contributed by atoms with Gasteiger partial charge < -0.3 is 10.7 Å². The van der Waals surface area contributed by atoms with Crippen LogP contribution in [0.5, 0.6) is 0 Å². The number of nitrogen functional groups attached to an aromatic ring is 1. The van der Waals surface area contributed by atoms with E-state index in [1.54, 1.807) is 36.4 Å². The van der Waals surface area contributed by atoms with E-state index in [1.807, 2.05) is 36.4 Å². The predicted octanol–water partition coefficient (Wildman–Crippen LogP) is 5.75. The monoisotopic (exact) mass is 422 g/mol. The summed E-state index contributed by atoms with van der Waals surface area (Å²) in [5.41, 5.74) is 6.35. The molecule has 1 aromatic heterocycles. The molecule has 0 aliphatic heterocycles. The van der Waals surface area contributed by atoms with E-state index < -0.39 is 0 Å². The van der Waals surface area contributed by atoms with Crippen molar-refractivity contribution in [1.29, 1.82) is 0 Å². The van der Waals surface area contributed by atoms with Gasteiger partial charge in [-0.15, -0.1) is 0 Å². The first-order valence-electron chi connectivity index (χ1n) is 8.78. The molecule has 0 atom stereocenters. The van der Waals surface area contributed by atoms with Gasteiger partial charge in [0.25, 0.3) is 5.91 Å². The van der Waals surface area contributed by atoms with Crippen LogP contribution in [-0.2, 0) is 0 Å². The quantitative estimate of drug-likeness (QED) is 0.289. The standard InChI is InChI=1S/C22H16Cl2N4O/c23-18-9-7-14(26-22(29)16-8-6-15(28-25)12-19(16)24)11-17(18)21-10-5-13-3-1-2-4-20(13)27-21/h1-12,28H,25H2,(H,26,29). The summed E-state index contributed by atoms with van der Waals surface area (Å²) >= 11 is 12.6. The Labute approximate surface area is 177 Å². The predicted molar refractivity (Wildman–Crippen MR) is 119 cm³/mol. The van der Waals surface area contributed by atoms with Crippen molar-refractivity contribution in [3.8, 4) is 11.3 Å². The van der Waals surface area contributed by atoms with Crippen molar-refractivity contribution >= 4 is 51.4 Å². The highest BCUT2D eigenvalue weighted by molar-refractivity contribution is 6.35. The molecule has 0 radical (unpaired) electrons. The van der Waals surface area contributed by atoms with E-state index in [0.717, 1.165) is 22.2 Å². The third-order valence-electron chi connectivity index (χ3n) is 4.48. The van der Waals surface area contributed by atoms with Gasteiger partial charge in [0.15, 0.2) is 0 Å². The molecule has 3 aromatic carbocycles. The van der Waals surface area contributed by atoms with Gasteiger partial charge in [0.2, 0.25) is 0 Å². The number of hydrogen-bond donors (Lipinski definition) is 3. The number of rotatable bonds is 4. The number of carbonyl (C=O) groups is 1. The highest BCUT2D eigenvalue weighted by Gasteiger charge is 2.13. The van der Waals surface area contributed by atoms with E-state index in [0.29, 0.717) is 27.0 Å². The van der Waals surface area contributed by atoms with E-state index in [1.165, 1.54) is 0 Å². The second kappa shape index (κ2) is 8.09. The van der Waals surface area contributed by atoms with Crippen LogP contribution in [0.2, 0.25) is 10.0 Å². The van der Waals surface area contributed by atoms with Crippen LogP contribution >= 0.6 is 23.2 Å². The lowest BCUT2D eigenvalue weighted by Gasteiger charge is -2.11. The fourth-order valence-electron chi connectivity index (χ4n) is 3.00. The Bertz CT molecular complexity index is 1230. The van der Waals surface area contributed by atoms with E-state index in [4.69, 9.17) is 29.0 Å². The van der Waals surface area contributed by atoms with Crippen molar-refractivity contribution in [3.63, 3.8) is 0 Å². The number of nitrogens with zero attached hydrogens (tertiary/aromatic N) is 1. The van der Waals surface area contributed by atoms with Gasteiger partial charge in [-0.2, -0.15) is 0 Å². The maximum atomic E-state index is 12.6. The number of anilines is 2. The number of benzene rings is 3. The number of fused-ring (bicyclic) bond motifs is 1. The third kappa shape index (κ3) is 4.03. The van der Waals surface area contributed by atoms with Gasteiger partial charge in [-0.1, -0.05) is 47.5 Å². The fourth-order valence-corrected chi connectivity index (χ4v) is 3.48. The smallest absolute Gasteiger partial charge is 0.257 e. The zero-order valence-corrected chi connectivity index (χ0v) is 16.6. The van der Waals surface area contributed by atoms with Crippen molar-refractivity contribution in [1.82, 2.24) is 4.98 Å². The second-order valence-corrected chi connectivity index (χ2v) is 7.19. The minimum Gasteiger partial charge on any atom is -0.324 e. The van der Waals surface area contributed by atoms with Crippen molar-refractivity contribution in [3.05, 3.63) is 88.4 Å². The Balaban J connectivity index is 1.65. The average Bonchev–Trinajstić information content (AvgIpc) is 2.74. The lowest BCUT2D eigenvalue weighted by atomic mass is 10.1. The maximum absolute atomic E-state index is 12.6. The summed E-state index contributed by atoms with van der Waals surface area (Å²) in [6.45, 7) is 0. The molecule has 4 aromatic rings. The molecule has 0 saturated carbocycles. The molecule has 4 N–H and O–H groups in total. The van der Waals surface area contributed by atoms with Crippen LogP contribution in [0.15, 0.2) is 72.8 Å². The molecule has 0 aliphatic carbocycles. The number of aromatic nitrogens is 1. The van der Waals surface area contributed by atoms with Crippen LogP contribution in [0.25, 0.3) is 22.2 Å². The van der Waals surface area contributed by atoms with Gasteiger partial charge in [0.05, 0.1) is 26.8 Å². The Morgan fingerprint density at radius 3 is 2.45 bits per heavy atom. The highest BCUT2D eigenvalue weighted by atomic mass is 35.5. The van der Waals surface area contributed by atoms with Crippen molar-refractivity contribution in [2.24, 2.45) is 5.84 Å². The summed E-state index contributed by atoms with van der Waals surface area (Å²) in [5.74, 6) is 5.03. The first-order valence-corrected chi connectivity index (χ1v) is 9.54. The van der Waals surface area contributed by atoms with Crippen LogP contribution < -0.4 is 16.6 Å². The van der Waals surface area contributed by atoms with E-state index in [2.05, 4.69) is 15.7 Å². The fraction of sp³-hybridized carbons (Fsp3) is 0. The zero-order valence-electron chi connectivity index (χ0n) is 15.1. The number of para-hydroxylation sites is 1. The Morgan fingerprint density at radius 1 is 0.862 bits per heavy atom. The molecular weight excluding hydrogens is 407 g/mol. The number of nitrogens with two attached hydrogens (primary N) is 1. The summed E-state index contributed by atoms with van der Waals surface area (Å²) < 4.78 is 0. The molecule has 7 heteroatoms. The molecule has 0 bridgehead atoms. The van der Waals surface area contributed by atoms with Crippen LogP contribution in [0.3, 0.4) is 0 Å². The number of hydrazine groups is 1. The van der Waals surface area contributed by atoms with Crippen LogP contribution in [0.4, 0.5) is 11.4 Å². The van der Waals surface area contributed by atoms with E-state index in [9.17, 15) is 4.79 Å². The topological polar surface area (TPSA) is 80.0 Å². The van der Waals surface area contributed by atoms with Gasteiger partial charge >= 0.3 is 0 Å². The third-order valence-corrected chi connectivity index (χ3v) is 5.12. The normalized spacial score (nSPS) is 10.7. The molecular formula is C22H16Cl2N4O. The largest absolute Gasteiger partial charge is 0.324 e. The van der Waals surface area contributed by atoms with Crippen LogP contribution in [-0.4, -0.2) is 10.9 Å². The Morgan fingerprint density at radius 2 is 1.66 bits per heavy atom. The van der Waals surface area contributed by atoms with Gasteiger partial charge in [0.1, 0.15) is 0 Å². The highest BCUT2D eigenvalue weighted by Crippen LogP contribution is 2.31. The molecule has 144 valence electrons. The molecule has 1 heterocycles. The van der Waals surface area contributed by atoms with Crippen molar-refractivity contribution < 1.29 is 4.79 Å². The van der Waals surface area contributed by atoms with E-state index >= 15 is 0 Å². The molecule has 4 rings (SSSR count). The van der Waals surface area contributed by atoms with Gasteiger partial charge in [-0.05, 0) is 48.5 Å². The first kappa shape index (κ1) is 19.2. The van der Waals surface area contributed by atoms with Crippen molar-refractivity contribution in [2.75, 3.05) is 10.7 Å². The molecule has 29 heavy (non-hydrogen) atoms. The Hall–Kier alpha value is -3.12. The summed E-state index contributed by atoms with van der Waals surface area (Å²) in [4.78, 5) is 17.3. The lowest BCUT2D eigenvalue weighted by Crippen LogP contribution is -2.13. The van der Waals surface area contributed by atoms with Crippen molar-refractivity contribution in [2.45, 2.75) is 0 Å². The number of carbonyl (C=O) groups excluding carboxylic acids is 1. The first-order chi connectivity index (χ1) is 14.0. The lowest BCUT2D eigenvalue weighted by molar-refractivity contribution is 0.102. The minimum absolute atomic E-state index is 0.295. The number of halogens is 2. The Kier molecular flexibility index (Phi) is 5.36. The maximum Gasteiger partial charge on any atom is 0.257 e. The summed E-state index contributed by atoms with van der Waals surface area (Å²) in [6, 6.07) is 21.9. The van der Waals surface area contributed by atoms with Crippen LogP contribution in [0.1, 0.15) is 10.4 Å². The molecule has 0 unspecified atom stereocenters. The summed E-state index contributed by atoms with van der Waals surface area (Å²) in [7, 11) is 0. The summed E-state index contributed by atoms with van der Waals surface area (Å²) in [6.07, 6.45) is 0. The molecule has 5 nitrogen and oxygen atoms in total. The zero-order chi connectivity index (χ0) is 20.4. The number of pyridine rings is 1.